The van der Waals surface area contributed by atoms with Gasteiger partial charge < -0.3 is 4.74 Å². The van der Waals surface area contributed by atoms with E-state index in [-0.39, 0.29) is 0 Å². The standard InChI is InChI=1S/C12H8BrF2NO2/c1-18-11(17)12(14,15)8-2-3-10-7(4-8)5-9(13)6-16-10/h2-6H,1H3. The molecule has 94 valence electrons. The molecule has 2 aromatic rings. The number of hydrogen-bond donors (Lipinski definition) is 0. The highest BCUT2D eigenvalue weighted by molar-refractivity contribution is 9.10. The van der Waals surface area contributed by atoms with Crippen molar-refractivity contribution in [3.8, 4) is 0 Å². The van der Waals surface area contributed by atoms with E-state index in [9.17, 15) is 13.6 Å². The number of hydrogen-bond acceptors (Lipinski definition) is 3. The lowest BCUT2D eigenvalue weighted by molar-refractivity contribution is -0.170. The molecule has 1 aromatic carbocycles. The summed E-state index contributed by atoms with van der Waals surface area (Å²) < 4.78 is 32.1. The second-order valence-corrected chi connectivity index (χ2v) is 4.54. The molecule has 0 saturated heterocycles. The van der Waals surface area contributed by atoms with Gasteiger partial charge in [-0.2, -0.15) is 8.78 Å². The Labute approximate surface area is 110 Å². The van der Waals surface area contributed by atoms with Crippen LogP contribution in [0.5, 0.6) is 0 Å². The van der Waals surface area contributed by atoms with Gasteiger partial charge in [-0.15, -0.1) is 0 Å². The first-order valence-electron chi connectivity index (χ1n) is 4.97. The summed E-state index contributed by atoms with van der Waals surface area (Å²) in [7, 11) is 0.926. The van der Waals surface area contributed by atoms with Crippen molar-refractivity contribution in [2.45, 2.75) is 5.92 Å². The van der Waals surface area contributed by atoms with Gasteiger partial charge in [-0.25, -0.2) is 4.79 Å². The summed E-state index contributed by atoms with van der Waals surface area (Å²) in [6.07, 6.45) is 1.57. The van der Waals surface area contributed by atoms with Gasteiger partial charge in [0.05, 0.1) is 12.6 Å². The number of aromatic nitrogens is 1. The van der Waals surface area contributed by atoms with E-state index >= 15 is 0 Å². The lowest BCUT2D eigenvalue weighted by Crippen LogP contribution is -2.27. The number of pyridine rings is 1. The third kappa shape index (κ3) is 2.20. The number of benzene rings is 1. The highest BCUT2D eigenvalue weighted by atomic mass is 79.9. The van der Waals surface area contributed by atoms with Gasteiger partial charge in [0.2, 0.25) is 0 Å². The zero-order valence-corrected chi connectivity index (χ0v) is 10.9. The summed E-state index contributed by atoms with van der Waals surface area (Å²) in [6, 6.07) is 5.48. The summed E-state index contributed by atoms with van der Waals surface area (Å²) in [5.41, 5.74) is 0.157. The zero-order valence-electron chi connectivity index (χ0n) is 9.28. The fourth-order valence-corrected chi connectivity index (χ4v) is 1.90. The molecule has 1 heterocycles. The van der Waals surface area contributed by atoms with Gasteiger partial charge in [-0.3, -0.25) is 4.98 Å². The first-order valence-corrected chi connectivity index (χ1v) is 5.76. The van der Waals surface area contributed by atoms with E-state index in [0.29, 0.717) is 15.4 Å². The van der Waals surface area contributed by atoms with Crippen molar-refractivity contribution in [3.63, 3.8) is 0 Å². The van der Waals surface area contributed by atoms with Crippen molar-refractivity contribution in [3.05, 3.63) is 40.5 Å². The maximum absolute atomic E-state index is 13.7. The number of carbonyl (C=O) groups is 1. The van der Waals surface area contributed by atoms with Crippen molar-refractivity contribution >= 4 is 32.8 Å². The summed E-state index contributed by atoms with van der Waals surface area (Å²) in [6.45, 7) is 0. The molecule has 3 nitrogen and oxygen atoms in total. The molecule has 0 bridgehead atoms. The van der Waals surface area contributed by atoms with Crippen LogP contribution in [-0.4, -0.2) is 18.1 Å². The topological polar surface area (TPSA) is 39.2 Å². The van der Waals surface area contributed by atoms with Crippen LogP contribution in [0.1, 0.15) is 5.56 Å². The summed E-state index contributed by atoms with van der Waals surface area (Å²) >= 11 is 3.21. The summed E-state index contributed by atoms with van der Waals surface area (Å²) in [4.78, 5) is 15.1. The molecule has 0 spiro atoms. The number of ether oxygens (including phenoxy) is 1. The highest BCUT2D eigenvalue weighted by Gasteiger charge is 2.42. The minimum absolute atomic E-state index is 0.415. The van der Waals surface area contributed by atoms with Crippen molar-refractivity contribution in [2.24, 2.45) is 0 Å². The van der Waals surface area contributed by atoms with Gasteiger partial charge in [0.25, 0.3) is 0 Å². The molecule has 0 N–H and O–H groups in total. The first kappa shape index (κ1) is 12.9. The number of methoxy groups -OCH3 is 1. The van der Waals surface area contributed by atoms with Crippen LogP contribution in [0, 0.1) is 0 Å². The monoisotopic (exact) mass is 315 g/mol. The number of nitrogens with zero attached hydrogens (tertiary/aromatic N) is 1. The Kier molecular flexibility index (Phi) is 3.30. The van der Waals surface area contributed by atoms with Gasteiger partial charge in [0, 0.05) is 21.6 Å². The van der Waals surface area contributed by atoms with Crippen LogP contribution in [0.15, 0.2) is 34.9 Å². The predicted molar refractivity (Wildman–Crippen MR) is 65.4 cm³/mol. The number of halogens is 3. The average molecular weight is 316 g/mol. The molecule has 1 aromatic heterocycles. The molecule has 0 aliphatic rings. The number of alkyl halides is 2. The van der Waals surface area contributed by atoms with Crippen LogP contribution in [-0.2, 0) is 15.5 Å². The first-order chi connectivity index (χ1) is 8.45. The number of esters is 1. The third-order valence-electron chi connectivity index (χ3n) is 2.45. The Morgan fingerprint density at radius 1 is 1.39 bits per heavy atom. The van der Waals surface area contributed by atoms with Gasteiger partial charge in [0.1, 0.15) is 0 Å². The second kappa shape index (κ2) is 4.61. The Morgan fingerprint density at radius 2 is 2.11 bits per heavy atom. The summed E-state index contributed by atoms with van der Waals surface area (Å²) in [5.74, 6) is -5.24. The SMILES string of the molecule is COC(=O)C(F)(F)c1ccc2ncc(Br)cc2c1. The van der Waals surface area contributed by atoms with Crippen molar-refractivity contribution in [2.75, 3.05) is 7.11 Å². The zero-order chi connectivity index (χ0) is 13.3. The highest BCUT2D eigenvalue weighted by Crippen LogP contribution is 2.31. The quantitative estimate of drug-likeness (QED) is 0.798. The van der Waals surface area contributed by atoms with Gasteiger partial charge >= 0.3 is 11.9 Å². The Balaban J connectivity index is 2.56. The molecule has 6 heteroatoms. The molecule has 0 atom stereocenters. The molecule has 0 fully saturated rings. The number of carbonyl (C=O) groups excluding carboxylic acids is 1. The van der Waals surface area contributed by atoms with Crippen LogP contribution in [0.4, 0.5) is 8.78 Å². The lowest BCUT2D eigenvalue weighted by atomic mass is 10.1. The average Bonchev–Trinajstić information content (AvgIpc) is 2.36. The Bertz CT molecular complexity index is 616. The fraction of sp³-hybridized carbons (Fsp3) is 0.167. The second-order valence-electron chi connectivity index (χ2n) is 3.63. The predicted octanol–water partition coefficient (Wildman–Crippen LogP) is 3.26. The van der Waals surface area contributed by atoms with E-state index in [2.05, 4.69) is 25.7 Å². The molecule has 0 aliphatic carbocycles. The molecular weight excluding hydrogens is 308 g/mol. The van der Waals surface area contributed by atoms with Crippen LogP contribution in [0.2, 0.25) is 0 Å². The van der Waals surface area contributed by atoms with Crippen molar-refractivity contribution in [1.29, 1.82) is 0 Å². The largest absolute Gasteiger partial charge is 0.464 e. The lowest BCUT2D eigenvalue weighted by Gasteiger charge is -2.14. The minimum Gasteiger partial charge on any atom is -0.464 e. The smallest absolute Gasteiger partial charge is 0.381 e. The molecule has 0 unspecified atom stereocenters. The Hall–Kier alpha value is -1.56. The van der Waals surface area contributed by atoms with E-state index < -0.39 is 17.5 Å². The summed E-state index contributed by atoms with van der Waals surface area (Å²) in [5, 5.41) is 0.519. The maximum Gasteiger partial charge on any atom is 0.381 e. The van der Waals surface area contributed by atoms with E-state index in [4.69, 9.17) is 0 Å². The van der Waals surface area contributed by atoms with E-state index in [1.165, 1.54) is 18.2 Å². The van der Waals surface area contributed by atoms with Crippen molar-refractivity contribution < 1.29 is 18.3 Å². The van der Waals surface area contributed by atoms with Gasteiger partial charge in [0.15, 0.2) is 0 Å². The minimum atomic E-state index is -3.66. The van der Waals surface area contributed by atoms with Crippen molar-refractivity contribution in [1.82, 2.24) is 4.98 Å². The van der Waals surface area contributed by atoms with E-state index in [1.54, 1.807) is 12.3 Å². The third-order valence-corrected chi connectivity index (χ3v) is 2.89. The molecule has 0 saturated carbocycles. The molecule has 0 aliphatic heterocycles. The Morgan fingerprint density at radius 3 is 2.78 bits per heavy atom. The van der Waals surface area contributed by atoms with Crippen LogP contribution < -0.4 is 0 Å². The number of rotatable bonds is 2. The molecule has 2 rings (SSSR count). The number of fused-ring (bicyclic) bond motifs is 1. The molecule has 0 radical (unpaired) electrons. The fourth-order valence-electron chi connectivity index (χ4n) is 1.55. The molecule has 18 heavy (non-hydrogen) atoms. The van der Waals surface area contributed by atoms with Gasteiger partial charge in [-0.05, 0) is 34.1 Å². The van der Waals surface area contributed by atoms with Crippen LogP contribution in [0.25, 0.3) is 10.9 Å². The van der Waals surface area contributed by atoms with Crippen LogP contribution in [0.3, 0.4) is 0 Å². The molecular formula is C12H8BrF2NO2. The normalized spacial score (nSPS) is 11.6. The van der Waals surface area contributed by atoms with Gasteiger partial charge in [-0.1, -0.05) is 6.07 Å². The maximum atomic E-state index is 13.7. The van der Waals surface area contributed by atoms with E-state index in [1.807, 2.05) is 0 Å². The van der Waals surface area contributed by atoms with E-state index in [0.717, 1.165) is 7.11 Å². The van der Waals surface area contributed by atoms with Crippen LogP contribution >= 0.6 is 15.9 Å². The molecule has 0 amide bonds.